The maximum absolute atomic E-state index is 11.8. The fraction of sp³-hybridized carbons (Fsp3) is 0.182. The fourth-order valence-corrected chi connectivity index (χ4v) is 1.48. The number of ketones is 1. The molecule has 2 aromatic rings. The average Bonchev–Trinajstić information content (AvgIpc) is 2.89. The molecule has 0 radical (unpaired) electrons. The van der Waals surface area contributed by atoms with Gasteiger partial charge in [-0.1, -0.05) is 0 Å². The van der Waals surface area contributed by atoms with Crippen LogP contribution in [0.25, 0.3) is 0 Å². The van der Waals surface area contributed by atoms with Gasteiger partial charge in [-0.25, -0.2) is 4.98 Å². The number of carbonyl (C=O) groups excluding carboxylic acids is 1. The highest BCUT2D eigenvalue weighted by Crippen LogP contribution is 2.13. The third-order valence-corrected chi connectivity index (χ3v) is 2.43. The fourth-order valence-electron chi connectivity index (χ4n) is 1.48. The first-order valence-electron chi connectivity index (χ1n) is 5.27. The zero-order chi connectivity index (χ0) is 13.0. The lowest BCUT2D eigenvalue weighted by Crippen LogP contribution is -2.06. The number of non-ortho nitro benzene ring substituents is 1. The number of carbonyl (C=O) groups is 1. The molecule has 2 rings (SSSR count). The number of nitrogens with zero attached hydrogens (tertiary/aromatic N) is 4. The molecule has 0 aliphatic carbocycles. The van der Waals surface area contributed by atoms with Gasteiger partial charge in [-0.2, -0.15) is 5.10 Å². The van der Waals surface area contributed by atoms with Gasteiger partial charge in [-0.15, -0.1) is 0 Å². The molecule has 1 aromatic heterocycles. The van der Waals surface area contributed by atoms with Gasteiger partial charge >= 0.3 is 0 Å². The molecule has 92 valence electrons. The van der Waals surface area contributed by atoms with Crippen LogP contribution >= 0.6 is 0 Å². The minimum Gasteiger partial charge on any atom is -0.294 e. The van der Waals surface area contributed by atoms with E-state index in [1.807, 2.05) is 0 Å². The smallest absolute Gasteiger partial charge is 0.269 e. The molecule has 7 heteroatoms. The van der Waals surface area contributed by atoms with Gasteiger partial charge in [0.05, 0.1) is 4.92 Å². The maximum atomic E-state index is 11.8. The Kier molecular flexibility index (Phi) is 3.42. The van der Waals surface area contributed by atoms with Crippen molar-refractivity contribution in [2.24, 2.45) is 0 Å². The lowest BCUT2D eigenvalue weighted by atomic mass is 10.1. The van der Waals surface area contributed by atoms with Gasteiger partial charge < -0.3 is 0 Å². The molecule has 0 bridgehead atoms. The molecule has 0 saturated heterocycles. The van der Waals surface area contributed by atoms with E-state index >= 15 is 0 Å². The van der Waals surface area contributed by atoms with Crippen molar-refractivity contribution < 1.29 is 9.72 Å². The highest BCUT2D eigenvalue weighted by atomic mass is 16.6. The molecule has 0 N–H and O–H groups in total. The highest BCUT2D eigenvalue weighted by molar-refractivity contribution is 5.96. The number of rotatable bonds is 5. The van der Waals surface area contributed by atoms with Crippen LogP contribution in [0.2, 0.25) is 0 Å². The Bertz CT molecular complexity index is 548. The molecular weight excluding hydrogens is 236 g/mol. The minimum absolute atomic E-state index is 0.0252. The Morgan fingerprint density at radius 1 is 1.33 bits per heavy atom. The topological polar surface area (TPSA) is 90.9 Å². The summed E-state index contributed by atoms with van der Waals surface area (Å²) in [6, 6.07) is 5.56. The second-order valence-corrected chi connectivity index (χ2v) is 3.64. The Hall–Kier alpha value is -2.57. The van der Waals surface area contributed by atoms with Crippen molar-refractivity contribution in [3.8, 4) is 0 Å². The molecule has 0 unspecified atom stereocenters. The number of aromatic nitrogens is 3. The average molecular weight is 246 g/mol. The molecule has 0 amide bonds. The van der Waals surface area contributed by atoms with Crippen LogP contribution in [0, 0.1) is 10.1 Å². The molecule has 0 spiro atoms. The summed E-state index contributed by atoms with van der Waals surface area (Å²) in [6.07, 6.45) is 3.21. The number of benzene rings is 1. The Labute approximate surface area is 102 Å². The lowest BCUT2D eigenvalue weighted by molar-refractivity contribution is -0.384. The molecule has 0 aliphatic heterocycles. The third-order valence-electron chi connectivity index (χ3n) is 2.43. The normalized spacial score (nSPS) is 10.2. The standard InChI is InChI=1S/C11H10N4O3/c16-11(5-6-14-8-12-7-13-14)9-1-3-10(4-2-9)15(17)18/h1-4,7-8H,5-6H2. The first kappa shape index (κ1) is 11.9. The molecule has 0 fully saturated rings. The second-order valence-electron chi connectivity index (χ2n) is 3.64. The van der Waals surface area contributed by atoms with Crippen LogP contribution in [-0.2, 0) is 6.54 Å². The number of hydrogen-bond acceptors (Lipinski definition) is 5. The summed E-state index contributed by atoms with van der Waals surface area (Å²) < 4.78 is 1.56. The van der Waals surface area contributed by atoms with Gasteiger partial charge in [0, 0.05) is 30.7 Å². The van der Waals surface area contributed by atoms with Gasteiger partial charge in [-0.05, 0) is 12.1 Å². The first-order valence-corrected chi connectivity index (χ1v) is 5.27. The largest absolute Gasteiger partial charge is 0.294 e. The molecule has 1 aromatic carbocycles. The van der Waals surface area contributed by atoms with Crippen LogP contribution in [0.5, 0.6) is 0 Å². The summed E-state index contributed by atoms with van der Waals surface area (Å²) in [5.41, 5.74) is 0.434. The summed E-state index contributed by atoms with van der Waals surface area (Å²) >= 11 is 0. The summed E-state index contributed by atoms with van der Waals surface area (Å²) in [7, 11) is 0. The molecule has 7 nitrogen and oxygen atoms in total. The van der Waals surface area contributed by atoms with Crippen molar-refractivity contribution in [3.63, 3.8) is 0 Å². The molecular formula is C11H10N4O3. The lowest BCUT2D eigenvalue weighted by Gasteiger charge is -2.01. The summed E-state index contributed by atoms with van der Waals surface area (Å²) in [5.74, 6) is -0.0830. The highest BCUT2D eigenvalue weighted by Gasteiger charge is 2.09. The summed E-state index contributed by atoms with van der Waals surface area (Å²) in [4.78, 5) is 25.5. The van der Waals surface area contributed by atoms with Crippen LogP contribution in [-0.4, -0.2) is 25.5 Å². The van der Waals surface area contributed by atoms with Crippen molar-refractivity contribution in [3.05, 3.63) is 52.6 Å². The molecule has 0 aliphatic rings. The van der Waals surface area contributed by atoms with Gasteiger partial charge in [-0.3, -0.25) is 19.6 Å². The van der Waals surface area contributed by atoms with E-state index in [9.17, 15) is 14.9 Å². The zero-order valence-corrected chi connectivity index (χ0v) is 9.39. The van der Waals surface area contributed by atoms with Crippen LogP contribution in [0.1, 0.15) is 16.8 Å². The van der Waals surface area contributed by atoms with Crippen LogP contribution < -0.4 is 0 Å². The van der Waals surface area contributed by atoms with E-state index in [0.717, 1.165) is 0 Å². The molecule has 18 heavy (non-hydrogen) atoms. The van der Waals surface area contributed by atoms with Crippen molar-refractivity contribution in [2.45, 2.75) is 13.0 Å². The van der Waals surface area contributed by atoms with Gasteiger partial charge in [0.25, 0.3) is 5.69 Å². The van der Waals surface area contributed by atoms with E-state index in [1.165, 1.54) is 36.9 Å². The van der Waals surface area contributed by atoms with Crippen molar-refractivity contribution >= 4 is 11.5 Å². The van der Waals surface area contributed by atoms with Gasteiger partial charge in [0.15, 0.2) is 5.78 Å². The maximum Gasteiger partial charge on any atom is 0.269 e. The van der Waals surface area contributed by atoms with E-state index < -0.39 is 4.92 Å². The molecule has 1 heterocycles. The number of aryl methyl sites for hydroxylation is 1. The van der Waals surface area contributed by atoms with Crippen LogP contribution in [0.4, 0.5) is 5.69 Å². The number of Topliss-reactive ketones (excluding diaryl/α,β-unsaturated/α-hetero) is 1. The second kappa shape index (κ2) is 5.17. The Morgan fingerprint density at radius 3 is 2.61 bits per heavy atom. The monoisotopic (exact) mass is 246 g/mol. The van der Waals surface area contributed by atoms with Gasteiger partial charge in [0.2, 0.25) is 0 Å². The van der Waals surface area contributed by atoms with Crippen LogP contribution in [0.3, 0.4) is 0 Å². The van der Waals surface area contributed by atoms with E-state index in [4.69, 9.17) is 0 Å². The Morgan fingerprint density at radius 2 is 2.06 bits per heavy atom. The summed E-state index contributed by atoms with van der Waals surface area (Å²) in [6.45, 7) is 0.440. The van der Waals surface area contributed by atoms with Crippen LogP contribution in [0.15, 0.2) is 36.9 Å². The van der Waals surface area contributed by atoms with E-state index in [-0.39, 0.29) is 17.9 Å². The predicted octanol–water partition coefficient (Wildman–Crippen LogP) is 1.46. The zero-order valence-electron chi connectivity index (χ0n) is 9.39. The van der Waals surface area contributed by atoms with Crippen molar-refractivity contribution in [2.75, 3.05) is 0 Å². The van der Waals surface area contributed by atoms with Crippen molar-refractivity contribution in [1.29, 1.82) is 0 Å². The van der Waals surface area contributed by atoms with Crippen molar-refractivity contribution in [1.82, 2.24) is 14.8 Å². The molecule has 0 saturated carbocycles. The quantitative estimate of drug-likeness (QED) is 0.452. The third kappa shape index (κ3) is 2.76. The van der Waals surface area contributed by atoms with E-state index in [2.05, 4.69) is 10.1 Å². The number of nitro groups is 1. The molecule has 0 atom stereocenters. The predicted molar refractivity (Wildman–Crippen MR) is 62.1 cm³/mol. The van der Waals surface area contributed by atoms with E-state index in [0.29, 0.717) is 12.1 Å². The first-order chi connectivity index (χ1) is 8.66. The summed E-state index contributed by atoms with van der Waals surface area (Å²) in [5, 5.41) is 14.3. The Balaban J connectivity index is 1.98. The number of hydrogen-bond donors (Lipinski definition) is 0. The SMILES string of the molecule is O=C(CCn1cncn1)c1ccc([N+](=O)[O-])cc1. The minimum atomic E-state index is -0.496. The van der Waals surface area contributed by atoms with Gasteiger partial charge in [0.1, 0.15) is 12.7 Å². The van der Waals surface area contributed by atoms with E-state index in [1.54, 1.807) is 4.68 Å². The number of nitro benzene ring substituents is 1.